The molecule has 2 rings (SSSR count). The molecule has 1 heterocycles. The molecule has 1 saturated heterocycles. The number of benzene rings is 1. The van der Waals surface area contributed by atoms with Crippen molar-refractivity contribution in [3.8, 4) is 5.75 Å². The second-order valence-electron chi connectivity index (χ2n) is 5.84. The molecule has 0 aliphatic carbocycles. The summed E-state index contributed by atoms with van der Waals surface area (Å²) in [7, 11) is 1.72. The van der Waals surface area contributed by atoms with Crippen LogP contribution in [0.25, 0.3) is 0 Å². The first-order chi connectivity index (χ1) is 8.97. The van der Waals surface area contributed by atoms with E-state index in [1.54, 1.807) is 7.11 Å². The van der Waals surface area contributed by atoms with Crippen molar-refractivity contribution in [3.63, 3.8) is 0 Å². The summed E-state index contributed by atoms with van der Waals surface area (Å²) in [6.45, 7) is 6.68. The van der Waals surface area contributed by atoms with E-state index >= 15 is 0 Å². The highest BCUT2D eigenvalue weighted by Crippen LogP contribution is 2.52. The van der Waals surface area contributed by atoms with Crippen LogP contribution in [0, 0.1) is 5.41 Å². The Kier molecular flexibility index (Phi) is 4.23. The molecule has 0 unspecified atom stereocenters. The first kappa shape index (κ1) is 14.8. The molecule has 19 heavy (non-hydrogen) atoms. The van der Waals surface area contributed by atoms with Crippen LogP contribution >= 0.6 is 15.9 Å². The zero-order chi connectivity index (χ0) is 14.1. The SMILES string of the molecule is COc1ccc(Br)cc1C1(C(C)(C)CCN)COC1. The van der Waals surface area contributed by atoms with Gasteiger partial charge >= 0.3 is 0 Å². The summed E-state index contributed by atoms with van der Waals surface area (Å²) in [5.41, 5.74) is 7.07. The normalized spacial score (nSPS) is 17.9. The summed E-state index contributed by atoms with van der Waals surface area (Å²) in [6.07, 6.45) is 0.964. The first-order valence-corrected chi connectivity index (χ1v) is 7.38. The molecule has 0 saturated carbocycles. The minimum atomic E-state index is -0.0124. The van der Waals surface area contributed by atoms with E-state index in [0.29, 0.717) is 6.54 Å². The molecule has 1 aliphatic heterocycles. The second kappa shape index (κ2) is 5.43. The lowest BCUT2D eigenvalue weighted by molar-refractivity contribution is -0.121. The van der Waals surface area contributed by atoms with Gasteiger partial charge < -0.3 is 15.2 Å². The molecule has 3 nitrogen and oxygen atoms in total. The van der Waals surface area contributed by atoms with Crippen molar-refractivity contribution < 1.29 is 9.47 Å². The third-order valence-electron chi connectivity index (χ3n) is 4.44. The fourth-order valence-electron chi connectivity index (χ4n) is 2.87. The van der Waals surface area contributed by atoms with Crippen LogP contribution in [0.5, 0.6) is 5.75 Å². The Hall–Kier alpha value is -0.580. The van der Waals surface area contributed by atoms with Crippen molar-refractivity contribution >= 4 is 15.9 Å². The number of hydrogen-bond acceptors (Lipinski definition) is 3. The van der Waals surface area contributed by atoms with E-state index in [1.165, 1.54) is 5.56 Å². The monoisotopic (exact) mass is 327 g/mol. The second-order valence-corrected chi connectivity index (χ2v) is 6.76. The van der Waals surface area contributed by atoms with Gasteiger partial charge in [-0.25, -0.2) is 0 Å². The van der Waals surface area contributed by atoms with Gasteiger partial charge in [0.05, 0.1) is 25.7 Å². The molecule has 0 aromatic heterocycles. The lowest BCUT2D eigenvalue weighted by Crippen LogP contribution is -2.57. The third kappa shape index (κ3) is 2.41. The molecular weight excluding hydrogens is 306 g/mol. The minimum Gasteiger partial charge on any atom is -0.496 e. The third-order valence-corrected chi connectivity index (χ3v) is 4.93. The van der Waals surface area contributed by atoms with E-state index in [-0.39, 0.29) is 10.8 Å². The van der Waals surface area contributed by atoms with Gasteiger partial charge in [-0.3, -0.25) is 0 Å². The smallest absolute Gasteiger partial charge is 0.122 e. The predicted octanol–water partition coefficient (Wildman–Crippen LogP) is 3.10. The fourth-order valence-corrected chi connectivity index (χ4v) is 3.23. The van der Waals surface area contributed by atoms with E-state index in [1.807, 2.05) is 12.1 Å². The van der Waals surface area contributed by atoms with E-state index in [0.717, 1.165) is 29.9 Å². The molecule has 106 valence electrons. The molecule has 1 fully saturated rings. The quantitative estimate of drug-likeness (QED) is 0.903. The van der Waals surface area contributed by atoms with Crippen molar-refractivity contribution in [1.82, 2.24) is 0 Å². The maximum atomic E-state index is 5.79. The van der Waals surface area contributed by atoms with Crippen LogP contribution in [0.2, 0.25) is 0 Å². The predicted molar refractivity (Wildman–Crippen MR) is 80.6 cm³/mol. The Morgan fingerprint density at radius 2 is 2.11 bits per heavy atom. The molecule has 1 aromatic rings. The Morgan fingerprint density at radius 1 is 1.42 bits per heavy atom. The summed E-state index contributed by atoms with van der Waals surface area (Å²) in [5, 5.41) is 0. The van der Waals surface area contributed by atoms with Crippen molar-refractivity contribution in [2.75, 3.05) is 26.9 Å². The van der Waals surface area contributed by atoms with Crippen LogP contribution in [0.15, 0.2) is 22.7 Å². The summed E-state index contributed by atoms with van der Waals surface area (Å²) in [6, 6.07) is 6.17. The van der Waals surface area contributed by atoms with Crippen molar-refractivity contribution in [3.05, 3.63) is 28.2 Å². The molecule has 0 amide bonds. The zero-order valence-corrected chi connectivity index (χ0v) is 13.4. The number of methoxy groups -OCH3 is 1. The lowest BCUT2D eigenvalue weighted by atomic mass is 9.59. The number of nitrogens with two attached hydrogens (primary N) is 1. The maximum absolute atomic E-state index is 5.79. The molecule has 4 heteroatoms. The molecule has 0 atom stereocenters. The Balaban J connectivity index is 2.50. The maximum Gasteiger partial charge on any atom is 0.122 e. The highest BCUT2D eigenvalue weighted by Gasteiger charge is 2.52. The van der Waals surface area contributed by atoms with E-state index < -0.39 is 0 Å². The van der Waals surface area contributed by atoms with Crippen molar-refractivity contribution in [1.29, 1.82) is 0 Å². The average Bonchev–Trinajstić information content (AvgIpc) is 2.27. The average molecular weight is 328 g/mol. The van der Waals surface area contributed by atoms with Gasteiger partial charge in [0, 0.05) is 10.0 Å². The van der Waals surface area contributed by atoms with E-state index in [9.17, 15) is 0 Å². The van der Waals surface area contributed by atoms with Gasteiger partial charge in [-0.1, -0.05) is 29.8 Å². The van der Waals surface area contributed by atoms with Gasteiger partial charge in [-0.15, -0.1) is 0 Å². The molecule has 0 spiro atoms. The number of ether oxygens (including phenoxy) is 2. The molecule has 1 aromatic carbocycles. The van der Waals surface area contributed by atoms with Crippen molar-refractivity contribution in [2.24, 2.45) is 11.1 Å². The van der Waals surface area contributed by atoms with Crippen LogP contribution in [0.4, 0.5) is 0 Å². The largest absolute Gasteiger partial charge is 0.496 e. The fraction of sp³-hybridized carbons (Fsp3) is 0.600. The Bertz CT molecular complexity index is 455. The van der Waals surface area contributed by atoms with E-state index in [2.05, 4.69) is 35.8 Å². The highest BCUT2D eigenvalue weighted by molar-refractivity contribution is 9.10. The summed E-state index contributed by atoms with van der Waals surface area (Å²) in [4.78, 5) is 0. The van der Waals surface area contributed by atoms with Crippen LogP contribution in [0.3, 0.4) is 0 Å². The minimum absolute atomic E-state index is 0.0124. The standard InChI is InChI=1S/C15H22BrNO2/c1-14(2,6-7-17)15(9-19-10-15)12-8-11(16)4-5-13(12)18-3/h4-5,8H,6-7,9-10,17H2,1-3H3. The molecule has 1 aliphatic rings. The number of halogens is 1. The van der Waals surface area contributed by atoms with Gasteiger partial charge in [0.1, 0.15) is 5.75 Å². The molecule has 0 bridgehead atoms. The van der Waals surface area contributed by atoms with Crippen LogP contribution in [-0.4, -0.2) is 26.9 Å². The summed E-state index contributed by atoms with van der Waals surface area (Å²) < 4.78 is 12.2. The van der Waals surface area contributed by atoms with Crippen LogP contribution in [0.1, 0.15) is 25.8 Å². The molecule has 0 radical (unpaired) electrons. The van der Waals surface area contributed by atoms with Crippen LogP contribution < -0.4 is 10.5 Å². The van der Waals surface area contributed by atoms with Gasteiger partial charge in [0.2, 0.25) is 0 Å². The molecular formula is C15H22BrNO2. The topological polar surface area (TPSA) is 44.5 Å². The highest BCUT2D eigenvalue weighted by atomic mass is 79.9. The number of hydrogen-bond donors (Lipinski definition) is 1. The lowest BCUT2D eigenvalue weighted by Gasteiger charge is -2.53. The summed E-state index contributed by atoms with van der Waals surface area (Å²) >= 11 is 3.56. The van der Waals surface area contributed by atoms with Gasteiger partial charge in [-0.2, -0.15) is 0 Å². The van der Waals surface area contributed by atoms with Gasteiger partial charge in [-0.05, 0) is 36.6 Å². The Morgan fingerprint density at radius 3 is 2.58 bits per heavy atom. The summed E-state index contributed by atoms with van der Waals surface area (Å²) in [5.74, 6) is 0.927. The van der Waals surface area contributed by atoms with Gasteiger partial charge in [0.15, 0.2) is 0 Å². The first-order valence-electron chi connectivity index (χ1n) is 6.59. The Labute approximate surface area is 123 Å². The number of rotatable bonds is 5. The van der Waals surface area contributed by atoms with Crippen molar-refractivity contribution in [2.45, 2.75) is 25.7 Å². The van der Waals surface area contributed by atoms with Gasteiger partial charge in [0.25, 0.3) is 0 Å². The zero-order valence-electron chi connectivity index (χ0n) is 11.8. The molecule has 2 N–H and O–H groups in total. The van der Waals surface area contributed by atoms with E-state index in [4.69, 9.17) is 15.2 Å². The van der Waals surface area contributed by atoms with Crippen LogP contribution in [-0.2, 0) is 10.2 Å².